The first-order chi connectivity index (χ1) is 7.31. The lowest BCUT2D eigenvalue weighted by Gasteiger charge is -2.18. The molecule has 15 heavy (non-hydrogen) atoms. The second-order valence-corrected chi connectivity index (χ2v) is 3.94. The maximum absolute atomic E-state index is 5.52. The predicted octanol–water partition coefficient (Wildman–Crippen LogP) is 0.210. The molecule has 1 aromatic heterocycles. The van der Waals surface area contributed by atoms with Gasteiger partial charge >= 0.3 is 0 Å². The summed E-state index contributed by atoms with van der Waals surface area (Å²) in [7, 11) is 1.93. The van der Waals surface area contributed by atoms with Gasteiger partial charge in [-0.05, 0) is 19.4 Å². The Bertz CT molecular complexity index is 317. The highest BCUT2D eigenvalue weighted by molar-refractivity contribution is 5.00. The van der Waals surface area contributed by atoms with E-state index in [0.29, 0.717) is 12.5 Å². The standard InChI is InChI=1S/C10H18N4O/c1-14-9(2-5-11)12-10(13-14)8-3-6-15-7-4-8/h8H,2-7,11H2,1H3. The van der Waals surface area contributed by atoms with Gasteiger partial charge in [-0.1, -0.05) is 0 Å². The quantitative estimate of drug-likeness (QED) is 0.774. The molecule has 5 nitrogen and oxygen atoms in total. The third-order valence-corrected chi connectivity index (χ3v) is 2.82. The molecule has 0 atom stereocenters. The summed E-state index contributed by atoms with van der Waals surface area (Å²) >= 11 is 0. The summed E-state index contributed by atoms with van der Waals surface area (Å²) in [6, 6.07) is 0. The molecule has 1 aliphatic heterocycles. The highest BCUT2D eigenvalue weighted by atomic mass is 16.5. The number of aryl methyl sites for hydroxylation is 1. The van der Waals surface area contributed by atoms with Crippen molar-refractivity contribution in [3.05, 3.63) is 11.6 Å². The second kappa shape index (κ2) is 4.72. The molecular weight excluding hydrogens is 192 g/mol. The van der Waals surface area contributed by atoms with Crippen molar-refractivity contribution < 1.29 is 4.74 Å². The highest BCUT2D eigenvalue weighted by Crippen LogP contribution is 2.24. The summed E-state index contributed by atoms with van der Waals surface area (Å²) in [5, 5.41) is 4.45. The molecule has 2 rings (SSSR count). The Morgan fingerprint density at radius 3 is 2.87 bits per heavy atom. The molecule has 0 radical (unpaired) electrons. The van der Waals surface area contributed by atoms with Gasteiger partial charge in [-0.25, -0.2) is 4.98 Å². The lowest BCUT2D eigenvalue weighted by Crippen LogP contribution is -2.15. The van der Waals surface area contributed by atoms with Crippen molar-refractivity contribution in [1.29, 1.82) is 0 Å². The topological polar surface area (TPSA) is 66.0 Å². The van der Waals surface area contributed by atoms with E-state index in [9.17, 15) is 0 Å². The van der Waals surface area contributed by atoms with E-state index in [1.54, 1.807) is 0 Å². The second-order valence-electron chi connectivity index (χ2n) is 3.94. The summed E-state index contributed by atoms with van der Waals surface area (Å²) in [6.45, 7) is 2.28. The molecule has 0 bridgehead atoms. The van der Waals surface area contributed by atoms with Gasteiger partial charge in [0.1, 0.15) is 5.82 Å². The van der Waals surface area contributed by atoms with Gasteiger partial charge in [0.25, 0.3) is 0 Å². The molecule has 1 fully saturated rings. The minimum absolute atomic E-state index is 0.469. The van der Waals surface area contributed by atoms with Gasteiger partial charge in [-0.3, -0.25) is 4.68 Å². The van der Waals surface area contributed by atoms with Gasteiger partial charge in [0.2, 0.25) is 0 Å². The third kappa shape index (κ3) is 2.35. The normalized spacial score (nSPS) is 18.3. The summed E-state index contributed by atoms with van der Waals surface area (Å²) in [4.78, 5) is 4.54. The number of nitrogens with zero attached hydrogens (tertiary/aromatic N) is 3. The molecule has 0 amide bonds. The van der Waals surface area contributed by atoms with Crippen molar-refractivity contribution in [2.24, 2.45) is 12.8 Å². The maximum Gasteiger partial charge on any atom is 0.154 e. The van der Waals surface area contributed by atoms with E-state index in [1.807, 2.05) is 11.7 Å². The molecule has 1 aliphatic rings. The van der Waals surface area contributed by atoms with Gasteiger partial charge in [0.15, 0.2) is 5.82 Å². The van der Waals surface area contributed by atoms with Crippen molar-refractivity contribution in [3.63, 3.8) is 0 Å². The Labute approximate surface area is 89.6 Å². The average molecular weight is 210 g/mol. The average Bonchev–Trinajstić information content (AvgIpc) is 2.63. The zero-order valence-electron chi connectivity index (χ0n) is 9.15. The largest absolute Gasteiger partial charge is 0.381 e. The van der Waals surface area contributed by atoms with Crippen LogP contribution in [0.25, 0.3) is 0 Å². The first kappa shape index (κ1) is 10.6. The molecular formula is C10H18N4O. The van der Waals surface area contributed by atoms with Crippen molar-refractivity contribution in [2.75, 3.05) is 19.8 Å². The van der Waals surface area contributed by atoms with Crippen LogP contribution in [0.3, 0.4) is 0 Å². The fourth-order valence-electron chi connectivity index (χ4n) is 1.91. The molecule has 0 aliphatic carbocycles. The summed E-state index contributed by atoms with van der Waals surface area (Å²) in [6.07, 6.45) is 2.87. The van der Waals surface area contributed by atoms with E-state index >= 15 is 0 Å². The minimum atomic E-state index is 0.469. The molecule has 84 valence electrons. The van der Waals surface area contributed by atoms with Crippen LogP contribution >= 0.6 is 0 Å². The van der Waals surface area contributed by atoms with Crippen LogP contribution in [0.4, 0.5) is 0 Å². The minimum Gasteiger partial charge on any atom is -0.381 e. The third-order valence-electron chi connectivity index (χ3n) is 2.82. The number of ether oxygens (including phenoxy) is 1. The molecule has 1 saturated heterocycles. The van der Waals surface area contributed by atoms with E-state index in [1.165, 1.54) is 0 Å². The lowest BCUT2D eigenvalue weighted by atomic mass is 10.00. The van der Waals surface area contributed by atoms with Gasteiger partial charge in [0.05, 0.1) is 0 Å². The van der Waals surface area contributed by atoms with Crippen molar-refractivity contribution in [3.8, 4) is 0 Å². The Hall–Kier alpha value is -0.940. The Kier molecular flexibility index (Phi) is 3.33. The first-order valence-electron chi connectivity index (χ1n) is 5.49. The Morgan fingerprint density at radius 1 is 1.47 bits per heavy atom. The zero-order chi connectivity index (χ0) is 10.7. The van der Waals surface area contributed by atoms with Gasteiger partial charge in [-0.2, -0.15) is 5.10 Å². The van der Waals surface area contributed by atoms with Gasteiger partial charge in [-0.15, -0.1) is 0 Å². The monoisotopic (exact) mass is 210 g/mol. The van der Waals surface area contributed by atoms with Crippen LogP contribution in [-0.2, 0) is 18.2 Å². The van der Waals surface area contributed by atoms with Crippen molar-refractivity contribution in [2.45, 2.75) is 25.2 Å². The van der Waals surface area contributed by atoms with Crippen LogP contribution in [0.2, 0.25) is 0 Å². The lowest BCUT2D eigenvalue weighted by molar-refractivity contribution is 0.0835. The molecule has 0 saturated carbocycles. The number of aromatic nitrogens is 3. The molecule has 0 spiro atoms. The van der Waals surface area contributed by atoms with E-state index in [2.05, 4.69) is 10.1 Å². The van der Waals surface area contributed by atoms with E-state index in [4.69, 9.17) is 10.5 Å². The molecule has 1 aromatic rings. The predicted molar refractivity (Wildman–Crippen MR) is 56.6 cm³/mol. The Morgan fingerprint density at radius 2 is 2.20 bits per heavy atom. The fourth-order valence-corrected chi connectivity index (χ4v) is 1.91. The van der Waals surface area contributed by atoms with Crippen LogP contribution in [0.5, 0.6) is 0 Å². The Balaban J connectivity index is 2.10. The van der Waals surface area contributed by atoms with Crippen LogP contribution in [0, 0.1) is 0 Å². The van der Waals surface area contributed by atoms with Crippen LogP contribution in [-0.4, -0.2) is 34.5 Å². The molecule has 2 heterocycles. The molecule has 0 unspecified atom stereocenters. The van der Waals surface area contributed by atoms with Gasteiger partial charge < -0.3 is 10.5 Å². The van der Waals surface area contributed by atoms with Gasteiger partial charge in [0, 0.05) is 32.6 Å². The molecule has 0 aromatic carbocycles. The molecule has 2 N–H and O–H groups in total. The van der Waals surface area contributed by atoms with Crippen LogP contribution in [0.15, 0.2) is 0 Å². The number of nitrogens with two attached hydrogens (primary N) is 1. The highest BCUT2D eigenvalue weighted by Gasteiger charge is 2.20. The van der Waals surface area contributed by atoms with Crippen molar-refractivity contribution in [1.82, 2.24) is 14.8 Å². The smallest absolute Gasteiger partial charge is 0.154 e. The van der Waals surface area contributed by atoms with Crippen LogP contribution < -0.4 is 5.73 Å². The van der Waals surface area contributed by atoms with Crippen molar-refractivity contribution >= 4 is 0 Å². The maximum atomic E-state index is 5.52. The number of rotatable bonds is 3. The number of hydrogen-bond donors (Lipinski definition) is 1. The zero-order valence-corrected chi connectivity index (χ0v) is 9.15. The first-order valence-corrected chi connectivity index (χ1v) is 5.49. The van der Waals surface area contributed by atoms with E-state index in [-0.39, 0.29) is 0 Å². The fraction of sp³-hybridized carbons (Fsp3) is 0.800. The van der Waals surface area contributed by atoms with E-state index in [0.717, 1.165) is 44.1 Å². The summed E-state index contributed by atoms with van der Waals surface area (Å²) in [5.74, 6) is 2.42. The molecule has 5 heteroatoms. The summed E-state index contributed by atoms with van der Waals surface area (Å²) < 4.78 is 7.17. The van der Waals surface area contributed by atoms with E-state index < -0.39 is 0 Å². The summed E-state index contributed by atoms with van der Waals surface area (Å²) in [5.41, 5.74) is 5.52. The SMILES string of the molecule is Cn1nc(C2CCOCC2)nc1CCN. The number of hydrogen-bond acceptors (Lipinski definition) is 4. The van der Waals surface area contributed by atoms with Crippen LogP contribution in [0.1, 0.15) is 30.4 Å².